The number of rotatable bonds is 5. The molecule has 3 N–H and O–H groups in total. The van der Waals surface area contributed by atoms with Crippen LogP contribution in [-0.4, -0.2) is 31.7 Å². The van der Waals surface area contributed by atoms with Crippen molar-refractivity contribution in [1.29, 1.82) is 0 Å². The summed E-state index contributed by atoms with van der Waals surface area (Å²) in [5.41, 5.74) is 5.33. The molecule has 0 unspecified atom stereocenters. The van der Waals surface area contributed by atoms with Gasteiger partial charge in [-0.1, -0.05) is 0 Å². The van der Waals surface area contributed by atoms with Crippen molar-refractivity contribution in [3.05, 3.63) is 17.8 Å². The molecule has 1 aliphatic carbocycles. The van der Waals surface area contributed by atoms with Crippen LogP contribution in [0.25, 0.3) is 0 Å². The van der Waals surface area contributed by atoms with Gasteiger partial charge in [0.2, 0.25) is 10.0 Å². The highest BCUT2D eigenvalue weighted by Gasteiger charge is 2.26. The van der Waals surface area contributed by atoms with E-state index in [9.17, 15) is 13.2 Å². The Hall–Kier alpha value is -1.83. The maximum atomic E-state index is 11.3. The van der Waals surface area contributed by atoms with Crippen molar-refractivity contribution in [2.75, 3.05) is 11.0 Å². The minimum atomic E-state index is -3.45. The topological polar surface area (TPSA) is 111 Å². The minimum Gasteiger partial charge on any atom is -0.488 e. The molecule has 2 rings (SSSR count). The summed E-state index contributed by atoms with van der Waals surface area (Å²) in [6, 6.07) is 1.26. The molecule has 18 heavy (non-hydrogen) atoms. The van der Waals surface area contributed by atoms with Gasteiger partial charge in [-0.2, -0.15) is 0 Å². The molecular weight excluding hydrogens is 258 g/mol. The largest absolute Gasteiger partial charge is 0.488 e. The quantitative estimate of drug-likeness (QED) is 0.788. The summed E-state index contributed by atoms with van der Waals surface area (Å²) < 4.78 is 29.7. The molecule has 8 heteroatoms. The Kier molecular flexibility index (Phi) is 3.12. The number of nitrogens with two attached hydrogens (primary N) is 1. The maximum absolute atomic E-state index is 11.3. The van der Waals surface area contributed by atoms with Crippen molar-refractivity contribution < 1.29 is 17.9 Å². The summed E-state index contributed by atoms with van der Waals surface area (Å²) in [6.07, 6.45) is 4.25. The first-order valence-electron chi connectivity index (χ1n) is 5.29. The number of carbonyl (C=O) groups excluding carboxylic acids is 1. The predicted octanol–water partition coefficient (Wildman–Crippen LogP) is 0.0932. The lowest BCUT2D eigenvalue weighted by atomic mass is 10.2. The fourth-order valence-electron chi connectivity index (χ4n) is 1.34. The number of sulfonamides is 1. The Morgan fingerprint density at radius 3 is 2.72 bits per heavy atom. The van der Waals surface area contributed by atoms with Gasteiger partial charge in [-0.3, -0.25) is 9.52 Å². The van der Waals surface area contributed by atoms with E-state index in [1.165, 1.54) is 12.3 Å². The number of nitrogens with one attached hydrogen (secondary N) is 1. The van der Waals surface area contributed by atoms with Crippen molar-refractivity contribution in [2.24, 2.45) is 5.73 Å². The maximum Gasteiger partial charge on any atom is 0.252 e. The lowest BCUT2D eigenvalue weighted by molar-refractivity contribution is 0.0996. The van der Waals surface area contributed by atoms with Crippen molar-refractivity contribution in [1.82, 2.24) is 4.98 Å². The Labute approximate surface area is 104 Å². The molecule has 1 saturated carbocycles. The molecular formula is C10H13N3O4S. The van der Waals surface area contributed by atoms with Gasteiger partial charge in [-0.05, 0) is 18.9 Å². The van der Waals surface area contributed by atoms with Crippen LogP contribution in [0.15, 0.2) is 12.3 Å². The van der Waals surface area contributed by atoms with Crippen LogP contribution in [-0.2, 0) is 10.0 Å². The lowest BCUT2D eigenvalue weighted by Crippen LogP contribution is -2.16. The van der Waals surface area contributed by atoms with Crippen molar-refractivity contribution in [3.63, 3.8) is 0 Å². The van der Waals surface area contributed by atoms with E-state index >= 15 is 0 Å². The molecule has 1 aromatic rings. The standard InChI is InChI=1S/C10H13N3O4S/c1-18(15,16)13-9-4-7(10(11)14)8(5-12-9)17-6-2-3-6/h4-6H,2-3H2,1H3,(H2,11,14)(H,12,13). The third-order valence-corrected chi connectivity index (χ3v) is 2.82. The normalized spacial score (nSPS) is 15.2. The number of carbonyl (C=O) groups is 1. The zero-order valence-corrected chi connectivity index (χ0v) is 10.5. The van der Waals surface area contributed by atoms with Gasteiger partial charge < -0.3 is 10.5 Å². The van der Waals surface area contributed by atoms with Crippen molar-refractivity contribution >= 4 is 21.7 Å². The van der Waals surface area contributed by atoms with E-state index in [0.717, 1.165) is 19.1 Å². The van der Waals surface area contributed by atoms with Crippen LogP contribution in [0.5, 0.6) is 5.75 Å². The zero-order valence-electron chi connectivity index (χ0n) is 9.71. The molecule has 1 aliphatic rings. The van der Waals surface area contributed by atoms with Gasteiger partial charge in [0.15, 0.2) is 5.75 Å². The average Bonchev–Trinajstić information content (AvgIpc) is 3.01. The van der Waals surface area contributed by atoms with E-state index in [2.05, 4.69) is 9.71 Å². The summed E-state index contributed by atoms with van der Waals surface area (Å²) >= 11 is 0. The first-order chi connectivity index (χ1) is 8.35. The summed E-state index contributed by atoms with van der Waals surface area (Å²) in [6.45, 7) is 0. The molecule has 1 aromatic heterocycles. The summed E-state index contributed by atoms with van der Waals surface area (Å²) in [5, 5.41) is 0. The number of ether oxygens (including phenoxy) is 1. The van der Waals surface area contributed by atoms with Crippen LogP contribution in [0.1, 0.15) is 23.2 Å². The molecule has 1 amide bonds. The number of amides is 1. The van der Waals surface area contributed by atoms with Gasteiger partial charge in [0.25, 0.3) is 5.91 Å². The summed E-state index contributed by atoms with van der Waals surface area (Å²) in [7, 11) is -3.45. The van der Waals surface area contributed by atoms with E-state index in [1.54, 1.807) is 0 Å². The van der Waals surface area contributed by atoms with Crippen molar-refractivity contribution in [2.45, 2.75) is 18.9 Å². The third-order valence-electron chi connectivity index (χ3n) is 2.24. The van der Waals surface area contributed by atoms with Gasteiger partial charge in [0.05, 0.1) is 24.1 Å². The Morgan fingerprint density at radius 2 is 2.22 bits per heavy atom. The van der Waals surface area contributed by atoms with Crippen LogP contribution in [0.3, 0.4) is 0 Å². The summed E-state index contributed by atoms with van der Waals surface area (Å²) in [4.78, 5) is 15.1. The highest BCUT2D eigenvalue weighted by Crippen LogP contribution is 2.29. The van der Waals surface area contributed by atoms with Gasteiger partial charge in [0.1, 0.15) is 5.82 Å². The smallest absolute Gasteiger partial charge is 0.252 e. The van der Waals surface area contributed by atoms with E-state index < -0.39 is 15.9 Å². The number of nitrogens with zero attached hydrogens (tertiary/aromatic N) is 1. The van der Waals surface area contributed by atoms with E-state index in [1.807, 2.05) is 0 Å². The van der Waals surface area contributed by atoms with Crippen LogP contribution in [0.4, 0.5) is 5.82 Å². The van der Waals surface area contributed by atoms with E-state index in [0.29, 0.717) is 0 Å². The van der Waals surface area contributed by atoms with Crippen LogP contribution in [0.2, 0.25) is 0 Å². The number of primary amides is 1. The molecule has 0 saturated heterocycles. The summed E-state index contributed by atoms with van der Waals surface area (Å²) in [5.74, 6) is -0.372. The van der Waals surface area contributed by atoms with Crippen LogP contribution < -0.4 is 15.2 Å². The number of hydrogen-bond acceptors (Lipinski definition) is 5. The third kappa shape index (κ3) is 3.33. The SMILES string of the molecule is CS(=O)(=O)Nc1cc(C(N)=O)c(OC2CC2)cn1. The van der Waals surface area contributed by atoms with Gasteiger partial charge in [-0.25, -0.2) is 13.4 Å². The molecule has 0 aromatic carbocycles. The number of pyridine rings is 1. The van der Waals surface area contributed by atoms with Crippen LogP contribution in [0, 0.1) is 0 Å². The molecule has 98 valence electrons. The molecule has 0 radical (unpaired) electrons. The molecule has 0 aliphatic heterocycles. The molecule has 0 spiro atoms. The molecule has 1 heterocycles. The monoisotopic (exact) mass is 271 g/mol. The van der Waals surface area contributed by atoms with Crippen LogP contribution >= 0.6 is 0 Å². The first kappa shape index (κ1) is 12.6. The lowest BCUT2D eigenvalue weighted by Gasteiger charge is -2.10. The molecule has 0 bridgehead atoms. The predicted molar refractivity (Wildman–Crippen MR) is 64.9 cm³/mol. The van der Waals surface area contributed by atoms with Crippen molar-refractivity contribution in [3.8, 4) is 5.75 Å². The second-order valence-corrected chi connectivity index (χ2v) is 5.87. The van der Waals surface area contributed by atoms with E-state index in [4.69, 9.17) is 10.5 Å². The fourth-order valence-corrected chi connectivity index (χ4v) is 1.83. The number of hydrogen-bond donors (Lipinski definition) is 2. The first-order valence-corrected chi connectivity index (χ1v) is 7.18. The zero-order chi connectivity index (χ0) is 13.3. The fraction of sp³-hybridized carbons (Fsp3) is 0.400. The Bertz CT molecular complexity index is 581. The number of aromatic nitrogens is 1. The second kappa shape index (κ2) is 4.45. The number of anilines is 1. The highest BCUT2D eigenvalue weighted by molar-refractivity contribution is 7.92. The van der Waals surface area contributed by atoms with Gasteiger partial charge >= 0.3 is 0 Å². The minimum absolute atomic E-state index is 0.0365. The average molecular weight is 271 g/mol. The molecule has 0 atom stereocenters. The van der Waals surface area contributed by atoms with Gasteiger partial charge in [-0.15, -0.1) is 0 Å². The van der Waals surface area contributed by atoms with E-state index in [-0.39, 0.29) is 23.2 Å². The Morgan fingerprint density at radius 1 is 1.56 bits per heavy atom. The highest BCUT2D eigenvalue weighted by atomic mass is 32.2. The molecule has 1 fully saturated rings. The van der Waals surface area contributed by atoms with Gasteiger partial charge in [0, 0.05) is 0 Å². The Balaban J connectivity index is 2.30. The molecule has 7 nitrogen and oxygen atoms in total. The second-order valence-electron chi connectivity index (χ2n) is 4.12.